The number of benzene rings is 1. The standard InChI is InChI=1S/C17H25NO3/c18-16(19)13-9-4-2-1-3-5-10-14-21-17(20)15-11-7-6-8-12-15/h6-8,11-12H,1-5,9-10,13-14H2,(H2,18,19). The Bertz CT molecular complexity index is 417. The average Bonchev–Trinajstić information content (AvgIpc) is 2.49. The summed E-state index contributed by atoms with van der Waals surface area (Å²) < 4.78 is 5.21. The Balaban J connectivity index is 1.91. The van der Waals surface area contributed by atoms with Gasteiger partial charge in [0.15, 0.2) is 0 Å². The first-order valence-corrected chi connectivity index (χ1v) is 7.70. The van der Waals surface area contributed by atoms with Gasteiger partial charge < -0.3 is 10.5 Å². The summed E-state index contributed by atoms with van der Waals surface area (Å²) in [5.41, 5.74) is 5.68. The number of nitrogens with two attached hydrogens (primary N) is 1. The van der Waals surface area contributed by atoms with Gasteiger partial charge in [-0.1, -0.05) is 50.3 Å². The molecule has 4 heteroatoms. The van der Waals surface area contributed by atoms with Crippen molar-refractivity contribution in [3.63, 3.8) is 0 Å². The van der Waals surface area contributed by atoms with Crippen LogP contribution in [0, 0.1) is 0 Å². The van der Waals surface area contributed by atoms with E-state index in [2.05, 4.69) is 0 Å². The number of hydrogen-bond donors (Lipinski definition) is 1. The fourth-order valence-corrected chi connectivity index (χ4v) is 2.11. The third-order valence-corrected chi connectivity index (χ3v) is 3.31. The lowest BCUT2D eigenvalue weighted by Gasteiger charge is -2.05. The Labute approximate surface area is 126 Å². The zero-order valence-corrected chi connectivity index (χ0v) is 12.6. The smallest absolute Gasteiger partial charge is 0.338 e. The maximum Gasteiger partial charge on any atom is 0.338 e. The number of carbonyl (C=O) groups is 2. The lowest BCUT2D eigenvalue weighted by atomic mass is 10.1. The first kappa shape index (κ1) is 17.2. The van der Waals surface area contributed by atoms with E-state index in [1.807, 2.05) is 18.2 Å². The number of ether oxygens (including phenoxy) is 1. The quantitative estimate of drug-likeness (QED) is 0.501. The van der Waals surface area contributed by atoms with Crippen molar-refractivity contribution in [2.24, 2.45) is 5.73 Å². The first-order valence-electron chi connectivity index (χ1n) is 7.70. The summed E-state index contributed by atoms with van der Waals surface area (Å²) in [6.45, 7) is 0.482. The molecule has 1 amide bonds. The van der Waals surface area contributed by atoms with E-state index in [1.165, 1.54) is 0 Å². The zero-order valence-electron chi connectivity index (χ0n) is 12.6. The summed E-state index contributed by atoms with van der Waals surface area (Å²) in [6.07, 6.45) is 7.85. The highest BCUT2D eigenvalue weighted by Gasteiger charge is 2.04. The van der Waals surface area contributed by atoms with E-state index in [0.29, 0.717) is 18.6 Å². The fourth-order valence-electron chi connectivity index (χ4n) is 2.11. The monoisotopic (exact) mass is 291 g/mol. The van der Waals surface area contributed by atoms with Gasteiger partial charge in [-0.2, -0.15) is 0 Å². The number of unbranched alkanes of at least 4 members (excludes halogenated alkanes) is 6. The molecular weight excluding hydrogens is 266 g/mol. The van der Waals surface area contributed by atoms with E-state index in [4.69, 9.17) is 10.5 Å². The van der Waals surface area contributed by atoms with Crippen molar-refractivity contribution in [1.29, 1.82) is 0 Å². The first-order chi connectivity index (χ1) is 10.2. The van der Waals surface area contributed by atoms with Gasteiger partial charge in [-0.25, -0.2) is 4.79 Å². The molecule has 1 aromatic rings. The molecule has 0 fully saturated rings. The molecule has 0 saturated carbocycles. The summed E-state index contributed by atoms with van der Waals surface area (Å²) in [6, 6.07) is 9.05. The number of primary amides is 1. The maximum absolute atomic E-state index is 11.6. The van der Waals surface area contributed by atoms with E-state index in [1.54, 1.807) is 12.1 Å². The highest BCUT2D eigenvalue weighted by atomic mass is 16.5. The van der Waals surface area contributed by atoms with Gasteiger partial charge in [-0.3, -0.25) is 4.79 Å². The SMILES string of the molecule is NC(=O)CCCCCCCCCOC(=O)c1ccccc1. The summed E-state index contributed by atoms with van der Waals surface area (Å²) in [5, 5.41) is 0. The lowest BCUT2D eigenvalue weighted by molar-refractivity contribution is -0.118. The molecule has 0 heterocycles. The van der Waals surface area contributed by atoms with Crippen LogP contribution in [0.25, 0.3) is 0 Å². The van der Waals surface area contributed by atoms with Gasteiger partial charge in [0, 0.05) is 6.42 Å². The minimum atomic E-state index is -0.248. The molecule has 116 valence electrons. The van der Waals surface area contributed by atoms with Crippen molar-refractivity contribution in [3.8, 4) is 0 Å². The van der Waals surface area contributed by atoms with Crippen molar-refractivity contribution in [3.05, 3.63) is 35.9 Å². The van der Waals surface area contributed by atoms with Crippen LogP contribution in [0.3, 0.4) is 0 Å². The Kier molecular flexibility index (Phi) is 8.93. The molecule has 0 atom stereocenters. The predicted molar refractivity (Wildman–Crippen MR) is 82.9 cm³/mol. The Hall–Kier alpha value is -1.84. The van der Waals surface area contributed by atoms with Gasteiger partial charge in [0.25, 0.3) is 0 Å². The Morgan fingerprint density at radius 2 is 1.43 bits per heavy atom. The number of hydrogen-bond acceptors (Lipinski definition) is 3. The van der Waals surface area contributed by atoms with Crippen LogP contribution in [0.2, 0.25) is 0 Å². The fraction of sp³-hybridized carbons (Fsp3) is 0.529. The molecule has 0 aliphatic rings. The van der Waals surface area contributed by atoms with Gasteiger partial charge >= 0.3 is 5.97 Å². The molecule has 0 saturated heterocycles. The average molecular weight is 291 g/mol. The highest BCUT2D eigenvalue weighted by molar-refractivity contribution is 5.89. The normalized spacial score (nSPS) is 10.3. The zero-order chi connectivity index (χ0) is 15.3. The summed E-state index contributed by atoms with van der Waals surface area (Å²) in [7, 11) is 0. The van der Waals surface area contributed by atoms with E-state index >= 15 is 0 Å². The Morgan fingerprint density at radius 3 is 2.05 bits per heavy atom. The maximum atomic E-state index is 11.6. The van der Waals surface area contributed by atoms with Crippen molar-refractivity contribution in [2.75, 3.05) is 6.61 Å². The second-order valence-corrected chi connectivity index (χ2v) is 5.19. The molecule has 1 aromatic carbocycles. The molecule has 0 bridgehead atoms. The summed E-state index contributed by atoms with van der Waals surface area (Å²) >= 11 is 0. The molecule has 21 heavy (non-hydrogen) atoms. The van der Waals surface area contributed by atoms with Crippen LogP contribution >= 0.6 is 0 Å². The van der Waals surface area contributed by atoms with E-state index in [9.17, 15) is 9.59 Å². The topological polar surface area (TPSA) is 69.4 Å². The minimum Gasteiger partial charge on any atom is -0.462 e. The molecule has 0 aliphatic carbocycles. The molecule has 0 aliphatic heterocycles. The lowest BCUT2D eigenvalue weighted by Crippen LogP contribution is -2.09. The number of rotatable bonds is 11. The van der Waals surface area contributed by atoms with Gasteiger partial charge in [-0.15, -0.1) is 0 Å². The van der Waals surface area contributed by atoms with Crippen LogP contribution in [-0.4, -0.2) is 18.5 Å². The van der Waals surface area contributed by atoms with Crippen molar-refractivity contribution >= 4 is 11.9 Å². The molecule has 0 radical (unpaired) electrons. The minimum absolute atomic E-state index is 0.213. The van der Waals surface area contributed by atoms with Crippen molar-refractivity contribution in [1.82, 2.24) is 0 Å². The molecule has 4 nitrogen and oxygen atoms in total. The van der Waals surface area contributed by atoms with Crippen LogP contribution in [-0.2, 0) is 9.53 Å². The molecule has 0 aromatic heterocycles. The second-order valence-electron chi connectivity index (χ2n) is 5.19. The van der Waals surface area contributed by atoms with Crippen LogP contribution in [0.1, 0.15) is 61.7 Å². The van der Waals surface area contributed by atoms with E-state index in [-0.39, 0.29) is 11.9 Å². The molecule has 0 unspecified atom stereocenters. The van der Waals surface area contributed by atoms with Gasteiger partial charge in [0.1, 0.15) is 0 Å². The Morgan fingerprint density at radius 1 is 0.857 bits per heavy atom. The number of esters is 1. The van der Waals surface area contributed by atoms with Crippen LogP contribution in [0.5, 0.6) is 0 Å². The van der Waals surface area contributed by atoms with Crippen LogP contribution in [0.15, 0.2) is 30.3 Å². The molecule has 2 N–H and O–H groups in total. The summed E-state index contributed by atoms with van der Waals surface area (Å²) in [4.78, 5) is 22.2. The van der Waals surface area contributed by atoms with Gasteiger partial charge in [0.05, 0.1) is 12.2 Å². The third kappa shape index (κ3) is 8.84. The second kappa shape index (κ2) is 10.9. The molecule has 0 spiro atoms. The number of amides is 1. The van der Waals surface area contributed by atoms with E-state index < -0.39 is 0 Å². The molecular formula is C17H25NO3. The molecule has 1 rings (SSSR count). The van der Waals surface area contributed by atoms with Crippen molar-refractivity contribution in [2.45, 2.75) is 51.4 Å². The predicted octanol–water partition coefficient (Wildman–Crippen LogP) is 3.45. The largest absolute Gasteiger partial charge is 0.462 e. The van der Waals surface area contributed by atoms with Crippen molar-refractivity contribution < 1.29 is 14.3 Å². The van der Waals surface area contributed by atoms with E-state index in [0.717, 1.165) is 44.9 Å². The van der Waals surface area contributed by atoms with Crippen LogP contribution in [0.4, 0.5) is 0 Å². The van der Waals surface area contributed by atoms with Gasteiger partial charge in [-0.05, 0) is 25.0 Å². The summed E-state index contributed by atoms with van der Waals surface area (Å²) in [5.74, 6) is -0.461. The number of carbonyl (C=O) groups excluding carboxylic acids is 2. The third-order valence-electron chi connectivity index (χ3n) is 3.31. The van der Waals surface area contributed by atoms with Crippen LogP contribution < -0.4 is 5.73 Å². The highest BCUT2D eigenvalue weighted by Crippen LogP contribution is 2.09. The van der Waals surface area contributed by atoms with Gasteiger partial charge in [0.2, 0.25) is 5.91 Å².